The number of halogens is 1. The molecule has 0 amide bonds. The molecule has 3 N–H and O–H groups in total. The lowest BCUT2D eigenvalue weighted by Gasteiger charge is -2.08. The molecule has 0 spiro atoms. The van der Waals surface area contributed by atoms with E-state index in [1.54, 1.807) is 29.9 Å². The molecule has 0 aliphatic rings. The third-order valence-electron chi connectivity index (χ3n) is 2.20. The summed E-state index contributed by atoms with van der Waals surface area (Å²) in [5, 5.41) is 14.2. The SMILES string of the molecule is Cn1ncc(N)c1-c1c(O)cccc1Cl. The molecular formula is C10H10ClN3O. The number of hydrogen-bond donors (Lipinski definition) is 2. The Morgan fingerprint density at radius 1 is 1.47 bits per heavy atom. The molecule has 2 rings (SSSR count). The molecule has 1 aromatic carbocycles. The quantitative estimate of drug-likeness (QED) is 0.778. The molecule has 0 bridgehead atoms. The largest absolute Gasteiger partial charge is 0.507 e. The van der Waals surface area contributed by atoms with Gasteiger partial charge in [0.05, 0.1) is 28.2 Å². The number of nitrogen functional groups attached to an aromatic ring is 1. The molecule has 0 saturated heterocycles. The maximum atomic E-state index is 9.73. The van der Waals surface area contributed by atoms with Gasteiger partial charge in [0.2, 0.25) is 0 Å². The molecular weight excluding hydrogens is 214 g/mol. The molecule has 4 nitrogen and oxygen atoms in total. The van der Waals surface area contributed by atoms with Crippen molar-refractivity contribution in [3.8, 4) is 17.0 Å². The Balaban J connectivity index is 2.74. The number of benzene rings is 1. The predicted molar refractivity (Wildman–Crippen MR) is 59.7 cm³/mol. The van der Waals surface area contributed by atoms with Crippen LogP contribution in [-0.4, -0.2) is 14.9 Å². The fourth-order valence-electron chi connectivity index (χ4n) is 1.51. The molecule has 1 aromatic heterocycles. The number of aryl methyl sites for hydroxylation is 1. The smallest absolute Gasteiger partial charge is 0.126 e. The van der Waals surface area contributed by atoms with Crippen molar-refractivity contribution in [1.29, 1.82) is 0 Å². The van der Waals surface area contributed by atoms with E-state index in [1.165, 1.54) is 6.20 Å². The number of hydrogen-bond acceptors (Lipinski definition) is 3. The van der Waals surface area contributed by atoms with Crippen molar-refractivity contribution < 1.29 is 5.11 Å². The number of phenolic OH excluding ortho intramolecular Hbond substituents is 1. The van der Waals surface area contributed by atoms with Gasteiger partial charge < -0.3 is 10.8 Å². The van der Waals surface area contributed by atoms with Crippen LogP contribution >= 0.6 is 11.6 Å². The first-order valence-electron chi connectivity index (χ1n) is 4.36. The van der Waals surface area contributed by atoms with E-state index in [9.17, 15) is 5.11 Å². The number of nitrogens with zero attached hydrogens (tertiary/aromatic N) is 2. The Hall–Kier alpha value is -1.68. The van der Waals surface area contributed by atoms with Crippen molar-refractivity contribution >= 4 is 17.3 Å². The van der Waals surface area contributed by atoms with Gasteiger partial charge in [-0.15, -0.1) is 0 Å². The molecule has 0 saturated carbocycles. The summed E-state index contributed by atoms with van der Waals surface area (Å²) in [4.78, 5) is 0. The number of phenols is 1. The standard InChI is InChI=1S/C10H10ClN3O/c1-14-10(7(12)5-13-14)9-6(11)3-2-4-8(9)15/h2-5,15H,12H2,1H3. The van der Waals surface area contributed by atoms with Gasteiger partial charge in [-0.1, -0.05) is 17.7 Å². The van der Waals surface area contributed by atoms with E-state index >= 15 is 0 Å². The van der Waals surface area contributed by atoms with Crippen LogP contribution in [0.1, 0.15) is 0 Å². The molecule has 2 aromatic rings. The zero-order valence-electron chi connectivity index (χ0n) is 8.11. The fraction of sp³-hybridized carbons (Fsp3) is 0.100. The Bertz CT molecular complexity index is 468. The normalized spacial score (nSPS) is 10.5. The molecule has 0 unspecified atom stereocenters. The highest BCUT2D eigenvalue weighted by atomic mass is 35.5. The van der Waals surface area contributed by atoms with Crippen LogP contribution in [0.4, 0.5) is 5.69 Å². The lowest BCUT2D eigenvalue weighted by molar-refractivity contribution is 0.476. The van der Waals surface area contributed by atoms with E-state index in [1.807, 2.05) is 0 Å². The van der Waals surface area contributed by atoms with Gasteiger partial charge >= 0.3 is 0 Å². The van der Waals surface area contributed by atoms with E-state index in [2.05, 4.69) is 5.10 Å². The van der Waals surface area contributed by atoms with Gasteiger partial charge in [0.1, 0.15) is 5.75 Å². The first kappa shape index (κ1) is 9.86. The zero-order chi connectivity index (χ0) is 11.0. The van der Waals surface area contributed by atoms with Crippen LogP contribution in [0.2, 0.25) is 5.02 Å². The third kappa shape index (κ3) is 1.53. The van der Waals surface area contributed by atoms with Crippen LogP contribution in [0.3, 0.4) is 0 Å². The van der Waals surface area contributed by atoms with Gasteiger partial charge in [0.15, 0.2) is 0 Å². The third-order valence-corrected chi connectivity index (χ3v) is 2.51. The zero-order valence-corrected chi connectivity index (χ0v) is 8.86. The highest BCUT2D eigenvalue weighted by Gasteiger charge is 2.15. The van der Waals surface area contributed by atoms with Crippen molar-refractivity contribution in [3.05, 3.63) is 29.4 Å². The summed E-state index contributed by atoms with van der Waals surface area (Å²) in [6.45, 7) is 0. The second-order valence-corrected chi connectivity index (χ2v) is 3.61. The first-order chi connectivity index (χ1) is 7.11. The van der Waals surface area contributed by atoms with Gasteiger partial charge in [-0.25, -0.2) is 0 Å². The van der Waals surface area contributed by atoms with E-state index in [-0.39, 0.29) is 5.75 Å². The number of aromatic hydroxyl groups is 1. The predicted octanol–water partition coefficient (Wildman–Crippen LogP) is 2.03. The van der Waals surface area contributed by atoms with Crippen LogP contribution in [0.25, 0.3) is 11.3 Å². The second-order valence-electron chi connectivity index (χ2n) is 3.21. The monoisotopic (exact) mass is 223 g/mol. The second kappa shape index (κ2) is 3.47. The van der Waals surface area contributed by atoms with E-state index < -0.39 is 0 Å². The summed E-state index contributed by atoms with van der Waals surface area (Å²) in [6.07, 6.45) is 1.53. The van der Waals surface area contributed by atoms with E-state index in [0.29, 0.717) is 22.0 Å². The molecule has 0 aliphatic carbocycles. The van der Waals surface area contributed by atoms with Crippen LogP contribution in [0.15, 0.2) is 24.4 Å². The Kier molecular flexibility index (Phi) is 2.28. The van der Waals surface area contributed by atoms with Gasteiger partial charge in [-0.3, -0.25) is 4.68 Å². The lowest BCUT2D eigenvalue weighted by atomic mass is 10.1. The molecule has 5 heteroatoms. The minimum absolute atomic E-state index is 0.0952. The minimum atomic E-state index is 0.0952. The maximum Gasteiger partial charge on any atom is 0.126 e. The summed E-state index contributed by atoms with van der Waals surface area (Å²) >= 11 is 6.01. The Morgan fingerprint density at radius 3 is 2.73 bits per heavy atom. The van der Waals surface area contributed by atoms with Crippen molar-refractivity contribution in [3.63, 3.8) is 0 Å². The van der Waals surface area contributed by atoms with Crippen LogP contribution in [-0.2, 0) is 7.05 Å². The summed E-state index contributed by atoms with van der Waals surface area (Å²) in [7, 11) is 1.74. The van der Waals surface area contributed by atoms with Gasteiger partial charge in [0.25, 0.3) is 0 Å². The maximum absolute atomic E-state index is 9.73. The highest BCUT2D eigenvalue weighted by Crippen LogP contribution is 2.37. The molecule has 0 atom stereocenters. The number of rotatable bonds is 1. The van der Waals surface area contributed by atoms with Crippen molar-refractivity contribution in [2.75, 3.05) is 5.73 Å². The van der Waals surface area contributed by atoms with Crippen LogP contribution in [0, 0.1) is 0 Å². The summed E-state index contributed by atoms with van der Waals surface area (Å²) in [5.74, 6) is 0.0952. The summed E-state index contributed by atoms with van der Waals surface area (Å²) in [5.41, 5.74) is 7.38. The molecule has 15 heavy (non-hydrogen) atoms. The average Bonchev–Trinajstić information content (AvgIpc) is 2.49. The fourth-order valence-corrected chi connectivity index (χ4v) is 1.77. The van der Waals surface area contributed by atoms with Crippen molar-refractivity contribution in [2.24, 2.45) is 7.05 Å². The summed E-state index contributed by atoms with van der Waals surface area (Å²) < 4.78 is 1.58. The number of aromatic nitrogens is 2. The van der Waals surface area contributed by atoms with E-state index in [4.69, 9.17) is 17.3 Å². The van der Waals surface area contributed by atoms with E-state index in [0.717, 1.165) is 0 Å². The number of nitrogens with two attached hydrogens (primary N) is 1. The van der Waals surface area contributed by atoms with Crippen molar-refractivity contribution in [2.45, 2.75) is 0 Å². The van der Waals surface area contributed by atoms with Crippen LogP contribution < -0.4 is 5.73 Å². The lowest BCUT2D eigenvalue weighted by Crippen LogP contribution is -1.96. The molecule has 0 aliphatic heterocycles. The topological polar surface area (TPSA) is 64.1 Å². The van der Waals surface area contributed by atoms with Gasteiger partial charge in [-0.05, 0) is 12.1 Å². The molecule has 0 radical (unpaired) electrons. The van der Waals surface area contributed by atoms with Gasteiger partial charge in [-0.2, -0.15) is 5.10 Å². The van der Waals surface area contributed by atoms with Gasteiger partial charge in [0, 0.05) is 7.05 Å². The minimum Gasteiger partial charge on any atom is -0.507 e. The first-order valence-corrected chi connectivity index (χ1v) is 4.74. The summed E-state index contributed by atoms with van der Waals surface area (Å²) in [6, 6.07) is 4.93. The van der Waals surface area contributed by atoms with Crippen LogP contribution in [0.5, 0.6) is 5.75 Å². The molecule has 1 heterocycles. The van der Waals surface area contributed by atoms with Crippen molar-refractivity contribution in [1.82, 2.24) is 9.78 Å². The average molecular weight is 224 g/mol. The molecule has 78 valence electrons. The number of anilines is 1. The highest BCUT2D eigenvalue weighted by molar-refractivity contribution is 6.33. The Labute approximate surface area is 91.9 Å². The molecule has 0 fully saturated rings. The Morgan fingerprint density at radius 2 is 2.20 bits per heavy atom.